The van der Waals surface area contributed by atoms with Gasteiger partial charge in [-0.25, -0.2) is 0 Å². The minimum atomic E-state index is -1.03. The molecule has 0 spiro atoms. The lowest BCUT2D eigenvalue weighted by molar-refractivity contribution is -0.141. The van der Waals surface area contributed by atoms with E-state index >= 15 is 0 Å². The summed E-state index contributed by atoms with van der Waals surface area (Å²) in [5, 5.41) is 12.7. The van der Waals surface area contributed by atoms with Crippen molar-refractivity contribution in [1.29, 1.82) is 0 Å². The van der Waals surface area contributed by atoms with Crippen LogP contribution >= 0.6 is 0 Å². The van der Waals surface area contributed by atoms with Gasteiger partial charge in [-0.3, -0.25) is 24.0 Å². The van der Waals surface area contributed by atoms with Crippen molar-refractivity contribution in [3.05, 3.63) is 48.0 Å². The number of hydrogen-bond acceptors (Lipinski definition) is 5. The van der Waals surface area contributed by atoms with Crippen LogP contribution in [0, 0.1) is 11.3 Å². The number of carbonyl (C=O) groups is 5. The first-order valence-corrected chi connectivity index (χ1v) is 14.5. The van der Waals surface area contributed by atoms with E-state index < -0.39 is 53.0 Å². The number of hydrogen-bond donors (Lipinski definition) is 4. The Hall–Kier alpha value is -3.75. The van der Waals surface area contributed by atoms with E-state index in [1.54, 1.807) is 26.0 Å². The smallest absolute Gasteiger partial charge is 0.289 e. The SMILES string of the molecule is CC(NC(=O)C(NC(=O)c1cccc2ccccc12)C(C)(C)C)C(=O)NC(C(=O)C(=O)NC1CCCCC1)C(C)C. The van der Waals surface area contributed by atoms with Crippen LogP contribution in [0.3, 0.4) is 0 Å². The first-order chi connectivity index (χ1) is 19.3. The lowest BCUT2D eigenvalue weighted by Crippen LogP contribution is -2.59. The van der Waals surface area contributed by atoms with Gasteiger partial charge in [0.15, 0.2) is 0 Å². The molecule has 2 aromatic carbocycles. The van der Waals surface area contributed by atoms with Crippen LogP contribution in [0.25, 0.3) is 10.8 Å². The molecule has 0 heterocycles. The van der Waals surface area contributed by atoms with Crippen molar-refractivity contribution in [2.24, 2.45) is 11.3 Å². The van der Waals surface area contributed by atoms with Crippen LogP contribution in [-0.4, -0.2) is 53.6 Å². The maximum Gasteiger partial charge on any atom is 0.289 e. The number of carbonyl (C=O) groups excluding carboxylic acids is 5. The van der Waals surface area contributed by atoms with Gasteiger partial charge in [0.1, 0.15) is 12.1 Å². The minimum Gasteiger partial charge on any atom is -0.347 e. The third-order valence-electron chi connectivity index (χ3n) is 7.60. The highest BCUT2D eigenvalue weighted by Crippen LogP contribution is 2.23. The van der Waals surface area contributed by atoms with E-state index in [0.717, 1.165) is 42.9 Å². The fourth-order valence-corrected chi connectivity index (χ4v) is 5.13. The van der Waals surface area contributed by atoms with E-state index in [0.29, 0.717) is 5.56 Å². The van der Waals surface area contributed by atoms with Crippen LogP contribution in [0.15, 0.2) is 42.5 Å². The number of Topliss-reactive ketones (excluding diaryl/α,β-unsaturated/α-hetero) is 1. The molecule has 222 valence electrons. The highest BCUT2D eigenvalue weighted by atomic mass is 16.2. The Morgan fingerprint density at radius 1 is 0.780 bits per heavy atom. The van der Waals surface area contributed by atoms with E-state index in [-0.39, 0.29) is 12.0 Å². The van der Waals surface area contributed by atoms with Gasteiger partial charge in [-0.2, -0.15) is 0 Å². The molecule has 0 radical (unpaired) electrons. The molecule has 1 fully saturated rings. The van der Waals surface area contributed by atoms with Crippen LogP contribution in [-0.2, 0) is 19.2 Å². The van der Waals surface area contributed by atoms with Crippen LogP contribution in [0.2, 0.25) is 0 Å². The summed E-state index contributed by atoms with van der Waals surface area (Å²) in [6.45, 7) is 10.5. The van der Waals surface area contributed by atoms with Crippen molar-refractivity contribution < 1.29 is 24.0 Å². The van der Waals surface area contributed by atoms with E-state index in [1.807, 2.05) is 51.1 Å². The van der Waals surface area contributed by atoms with Gasteiger partial charge in [-0.15, -0.1) is 0 Å². The molecule has 4 N–H and O–H groups in total. The zero-order chi connectivity index (χ0) is 30.3. The molecule has 0 aliphatic heterocycles. The van der Waals surface area contributed by atoms with Crippen molar-refractivity contribution in [3.8, 4) is 0 Å². The van der Waals surface area contributed by atoms with Gasteiger partial charge in [-0.05, 0) is 47.9 Å². The molecular weight excluding hydrogens is 520 g/mol. The highest BCUT2D eigenvalue weighted by molar-refractivity contribution is 6.38. The molecule has 1 aliphatic carbocycles. The Kier molecular flexibility index (Phi) is 10.7. The van der Waals surface area contributed by atoms with Gasteiger partial charge in [0, 0.05) is 11.6 Å². The fourth-order valence-electron chi connectivity index (χ4n) is 5.13. The summed E-state index contributed by atoms with van der Waals surface area (Å²) in [4.78, 5) is 65.4. The summed E-state index contributed by atoms with van der Waals surface area (Å²) >= 11 is 0. The summed E-state index contributed by atoms with van der Waals surface area (Å²) in [5.74, 6) is -3.26. The first-order valence-electron chi connectivity index (χ1n) is 14.5. The standard InChI is InChI=1S/C32H44N4O5/c1-19(2)25(26(37)30(40)34-22-15-8-7-9-16-22)35-28(38)20(3)33-31(41)27(32(4,5)6)36-29(39)24-18-12-14-21-13-10-11-17-23(21)24/h10-14,17-20,22,25,27H,7-9,15-16H2,1-6H3,(H,33,41)(H,34,40)(H,35,38)(H,36,39). The van der Waals surface area contributed by atoms with Gasteiger partial charge in [0.05, 0.1) is 6.04 Å². The largest absolute Gasteiger partial charge is 0.347 e. The lowest BCUT2D eigenvalue weighted by Gasteiger charge is -2.32. The van der Waals surface area contributed by atoms with Crippen LogP contribution < -0.4 is 21.3 Å². The van der Waals surface area contributed by atoms with Gasteiger partial charge >= 0.3 is 0 Å². The van der Waals surface area contributed by atoms with E-state index in [2.05, 4.69) is 21.3 Å². The van der Waals surface area contributed by atoms with E-state index in [9.17, 15) is 24.0 Å². The summed E-state index contributed by atoms with van der Waals surface area (Å²) in [6.07, 6.45) is 4.83. The molecule has 1 aliphatic rings. The highest BCUT2D eigenvalue weighted by Gasteiger charge is 2.36. The molecule has 9 nitrogen and oxygen atoms in total. The zero-order valence-electron chi connectivity index (χ0n) is 25.0. The van der Waals surface area contributed by atoms with Gasteiger partial charge in [0.25, 0.3) is 11.8 Å². The molecule has 0 aromatic heterocycles. The van der Waals surface area contributed by atoms with Gasteiger partial charge in [-0.1, -0.05) is 90.3 Å². The molecule has 3 rings (SSSR count). The zero-order valence-corrected chi connectivity index (χ0v) is 25.0. The Morgan fingerprint density at radius 3 is 2.05 bits per heavy atom. The minimum absolute atomic E-state index is 0.0275. The second-order valence-electron chi connectivity index (χ2n) is 12.4. The number of amides is 4. The Labute approximate surface area is 242 Å². The second-order valence-corrected chi connectivity index (χ2v) is 12.4. The maximum atomic E-state index is 13.4. The predicted octanol–water partition coefficient (Wildman–Crippen LogP) is 3.65. The summed E-state index contributed by atoms with van der Waals surface area (Å²) in [7, 11) is 0. The molecule has 0 bridgehead atoms. The second kappa shape index (κ2) is 13.7. The predicted molar refractivity (Wildman–Crippen MR) is 159 cm³/mol. The topological polar surface area (TPSA) is 133 Å². The average Bonchev–Trinajstić information content (AvgIpc) is 2.93. The Morgan fingerprint density at radius 2 is 1.41 bits per heavy atom. The van der Waals surface area contributed by atoms with Crippen molar-refractivity contribution >= 4 is 40.2 Å². The third kappa shape index (κ3) is 8.38. The number of benzene rings is 2. The normalized spacial score (nSPS) is 16.4. The molecule has 41 heavy (non-hydrogen) atoms. The molecule has 9 heteroatoms. The van der Waals surface area contributed by atoms with Crippen LogP contribution in [0.1, 0.15) is 84.0 Å². The van der Waals surface area contributed by atoms with E-state index in [1.165, 1.54) is 6.92 Å². The number of ketones is 1. The summed E-state index contributed by atoms with van der Waals surface area (Å²) in [5.41, 5.74) is -0.227. The van der Waals surface area contributed by atoms with Crippen LogP contribution in [0.5, 0.6) is 0 Å². The molecule has 2 aromatic rings. The average molecular weight is 565 g/mol. The van der Waals surface area contributed by atoms with Crippen molar-refractivity contribution in [2.45, 2.75) is 97.8 Å². The van der Waals surface area contributed by atoms with Gasteiger partial charge in [0.2, 0.25) is 17.6 Å². The molecule has 3 atom stereocenters. The maximum absolute atomic E-state index is 13.4. The van der Waals surface area contributed by atoms with E-state index in [4.69, 9.17) is 0 Å². The summed E-state index contributed by atoms with van der Waals surface area (Å²) < 4.78 is 0. The first kappa shape index (κ1) is 31.8. The number of rotatable bonds is 10. The molecule has 4 amide bonds. The molecule has 1 saturated carbocycles. The Bertz CT molecular complexity index is 1270. The number of fused-ring (bicyclic) bond motifs is 1. The lowest BCUT2D eigenvalue weighted by atomic mass is 9.85. The van der Waals surface area contributed by atoms with Gasteiger partial charge < -0.3 is 21.3 Å². The molecular formula is C32H44N4O5. The van der Waals surface area contributed by atoms with Crippen molar-refractivity contribution in [3.63, 3.8) is 0 Å². The van der Waals surface area contributed by atoms with Crippen LogP contribution in [0.4, 0.5) is 0 Å². The number of nitrogens with one attached hydrogen (secondary N) is 4. The summed E-state index contributed by atoms with van der Waals surface area (Å²) in [6, 6.07) is 9.89. The Balaban J connectivity index is 1.66. The monoisotopic (exact) mass is 564 g/mol. The molecule has 0 saturated heterocycles. The fraction of sp³-hybridized carbons (Fsp3) is 0.531. The molecule has 3 unspecified atom stereocenters. The van der Waals surface area contributed by atoms with Crippen molar-refractivity contribution in [1.82, 2.24) is 21.3 Å². The van der Waals surface area contributed by atoms with Crippen molar-refractivity contribution in [2.75, 3.05) is 0 Å². The third-order valence-corrected chi connectivity index (χ3v) is 7.60. The quantitative estimate of drug-likeness (QED) is 0.327.